The average molecular weight is 606 g/mol. The minimum atomic E-state index is -4.73. The number of amidine groups is 1. The zero-order valence-corrected chi connectivity index (χ0v) is 24.7. The van der Waals surface area contributed by atoms with E-state index in [9.17, 15) is 18.3 Å². The minimum Gasteiger partial charge on any atom is -0.406 e. The average Bonchev–Trinajstić information content (AvgIpc) is 3.52. The Balaban J connectivity index is 1.22. The quantitative estimate of drug-likeness (QED) is 0.184. The van der Waals surface area contributed by atoms with Crippen molar-refractivity contribution < 1.29 is 23.0 Å². The monoisotopic (exact) mass is 605 g/mol. The van der Waals surface area contributed by atoms with Crippen LogP contribution in [0.3, 0.4) is 0 Å². The number of aliphatic hydroxyl groups is 1. The molecule has 1 N–H and O–H groups in total. The van der Waals surface area contributed by atoms with Gasteiger partial charge in [0.2, 0.25) is 0 Å². The summed E-state index contributed by atoms with van der Waals surface area (Å²) in [5.41, 5.74) is 6.57. The molecular formula is C32H30F3N5O2S. The van der Waals surface area contributed by atoms with Crippen LogP contribution in [0.25, 0.3) is 16.9 Å². The van der Waals surface area contributed by atoms with Crippen molar-refractivity contribution in [3.05, 3.63) is 95.4 Å². The predicted molar refractivity (Wildman–Crippen MR) is 164 cm³/mol. The maximum atomic E-state index is 12.5. The van der Waals surface area contributed by atoms with E-state index in [4.69, 9.17) is 0 Å². The van der Waals surface area contributed by atoms with Crippen molar-refractivity contribution >= 4 is 28.8 Å². The molecule has 2 heterocycles. The second kappa shape index (κ2) is 11.2. The standard InChI is InChI=1S/C32H30F3N5O2S/c1-20(2)25-6-4-5-7-27(25)40-30(43-18-31(40,3)41)38-37-17-21-8-14-26-22(16-21)9-15-28-29(26)36-19-39(28)23-10-12-24(13-11-23)42-32(33,34)35/h4-8,10-14,16-17,19-20,41H,9,15,18H2,1-3H3/b37-17+,38-30-. The Hall–Kier alpha value is -4.09. The second-order valence-electron chi connectivity index (χ2n) is 11.0. The van der Waals surface area contributed by atoms with Crippen molar-refractivity contribution in [2.45, 2.75) is 51.6 Å². The highest BCUT2D eigenvalue weighted by atomic mass is 32.2. The Labute approximate surface area is 251 Å². The molecule has 0 saturated carbocycles. The van der Waals surface area contributed by atoms with E-state index in [0.717, 1.165) is 52.2 Å². The van der Waals surface area contributed by atoms with Crippen LogP contribution in [0.4, 0.5) is 18.9 Å². The molecule has 7 nitrogen and oxygen atoms in total. The Bertz CT molecular complexity index is 1710. The third-order valence-corrected chi connectivity index (χ3v) is 8.74. The normalized spacial score (nSPS) is 19.3. The van der Waals surface area contributed by atoms with Gasteiger partial charge in [-0.3, -0.25) is 4.90 Å². The van der Waals surface area contributed by atoms with Gasteiger partial charge in [-0.15, -0.1) is 18.3 Å². The van der Waals surface area contributed by atoms with E-state index in [-0.39, 0.29) is 11.7 Å². The van der Waals surface area contributed by atoms with E-state index >= 15 is 0 Å². The molecule has 1 atom stereocenters. The molecule has 1 aliphatic carbocycles. The van der Waals surface area contributed by atoms with Crippen LogP contribution in [0.5, 0.6) is 5.75 Å². The molecule has 11 heteroatoms. The second-order valence-corrected chi connectivity index (χ2v) is 12.0. The number of halogens is 3. The molecule has 2 aliphatic rings. The molecule has 0 bridgehead atoms. The number of aromatic nitrogens is 2. The lowest BCUT2D eigenvalue weighted by Crippen LogP contribution is -2.45. The SMILES string of the molecule is CC(C)c1ccccc1N1/C(=N/N=C/c2ccc3c(c2)CCc2c-3ncn2-c2ccc(OC(F)(F)F)cc2)SCC1(C)O. The van der Waals surface area contributed by atoms with Crippen molar-refractivity contribution in [1.82, 2.24) is 9.55 Å². The van der Waals surface area contributed by atoms with E-state index in [0.29, 0.717) is 16.6 Å². The number of ether oxygens (including phenoxy) is 1. The lowest BCUT2D eigenvalue weighted by molar-refractivity contribution is -0.274. The first-order valence-corrected chi connectivity index (χ1v) is 14.9. The van der Waals surface area contributed by atoms with Gasteiger partial charge in [-0.05, 0) is 78.8 Å². The van der Waals surface area contributed by atoms with Gasteiger partial charge in [0.25, 0.3) is 0 Å². The van der Waals surface area contributed by atoms with Crippen molar-refractivity contribution in [1.29, 1.82) is 0 Å². The van der Waals surface area contributed by atoms with Crippen molar-refractivity contribution in [3.63, 3.8) is 0 Å². The molecular weight excluding hydrogens is 575 g/mol. The molecule has 0 amide bonds. The molecule has 4 aromatic rings. The van der Waals surface area contributed by atoms with Gasteiger partial charge in [-0.25, -0.2) is 4.98 Å². The number of alkyl halides is 3. The van der Waals surface area contributed by atoms with Crippen LogP contribution >= 0.6 is 11.8 Å². The number of aryl methyl sites for hydroxylation is 1. The highest BCUT2D eigenvalue weighted by Crippen LogP contribution is 2.40. The summed E-state index contributed by atoms with van der Waals surface area (Å²) in [5.74, 6) is 0.496. The molecule has 1 saturated heterocycles. The van der Waals surface area contributed by atoms with Crippen molar-refractivity contribution in [3.8, 4) is 22.7 Å². The van der Waals surface area contributed by atoms with Crippen LogP contribution < -0.4 is 9.64 Å². The maximum absolute atomic E-state index is 12.5. The van der Waals surface area contributed by atoms with E-state index in [1.54, 1.807) is 31.6 Å². The fourth-order valence-electron chi connectivity index (χ4n) is 5.55. The molecule has 0 radical (unpaired) electrons. The van der Waals surface area contributed by atoms with Crippen molar-refractivity contribution in [2.24, 2.45) is 10.2 Å². The number of thioether (sulfide) groups is 1. The highest BCUT2D eigenvalue weighted by Gasteiger charge is 2.41. The van der Waals surface area contributed by atoms with Gasteiger partial charge in [-0.1, -0.05) is 55.9 Å². The summed E-state index contributed by atoms with van der Waals surface area (Å²) >= 11 is 1.47. The molecule has 1 fully saturated rings. The minimum absolute atomic E-state index is 0.264. The molecule has 1 aromatic heterocycles. The fraction of sp³-hybridized carbons (Fsp3) is 0.281. The Morgan fingerprint density at radius 2 is 1.84 bits per heavy atom. The third kappa shape index (κ3) is 5.92. The van der Waals surface area contributed by atoms with Gasteiger partial charge < -0.3 is 14.4 Å². The summed E-state index contributed by atoms with van der Waals surface area (Å²) < 4.78 is 43.5. The molecule has 1 unspecified atom stereocenters. The molecule has 222 valence electrons. The van der Waals surface area contributed by atoms with E-state index in [1.165, 1.54) is 23.9 Å². The van der Waals surface area contributed by atoms with Gasteiger partial charge in [0, 0.05) is 22.7 Å². The number of rotatable bonds is 6. The largest absolute Gasteiger partial charge is 0.573 e. The van der Waals surface area contributed by atoms with Gasteiger partial charge in [0.1, 0.15) is 12.1 Å². The van der Waals surface area contributed by atoms with Crippen molar-refractivity contribution in [2.75, 3.05) is 10.7 Å². The van der Waals surface area contributed by atoms with Crippen LogP contribution in [0.2, 0.25) is 0 Å². The molecule has 6 rings (SSSR count). The van der Waals surface area contributed by atoms with Gasteiger partial charge in [0.15, 0.2) is 10.9 Å². The summed E-state index contributed by atoms with van der Waals surface area (Å²) in [6.07, 6.45) is 0.181. The van der Waals surface area contributed by atoms with Crippen LogP contribution in [-0.4, -0.2) is 43.9 Å². The maximum Gasteiger partial charge on any atom is 0.573 e. The van der Waals surface area contributed by atoms with Gasteiger partial charge >= 0.3 is 6.36 Å². The number of fused-ring (bicyclic) bond motifs is 3. The summed E-state index contributed by atoms with van der Waals surface area (Å²) in [7, 11) is 0. The summed E-state index contributed by atoms with van der Waals surface area (Å²) in [6.45, 7) is 6.05. The number of hydrogen-bond donors (Lipinski definition) is 1. The predicted octanol–water partition coefficient (Wildman–Crippen LogP) is 7.31. The number of nitrogens with zero attached hydrogens (tertiary/aromatic N) is 5. The number of anilines is 1. The lowest BCUT2D eigenvalue weighted by Gasteiger charge is -2.32. The summed E-state index contributed by atoms with van der Waals surface area (Å²) in [5, 5.41) is 20.7. The fourth-order valence-corrected chi connectivity index (χ4v) is 6.61. The molecule has 43 heavy (non-hydrogen) atoms. The zero-order chi connectivity index (χ0) is 30.4. The number of benzene rings is 3. The van der Waals surface area contributed by atoms with Crippen LogP contribution in [0.15, 0.2) is 83.3 Å². The third-order valence-electron chi connectivity index (χ3n) is 7.53. The summed E-state index contributed by atoms with van der Waals surface area (Å²) in [6, 6.07) is 19.9. The van der Waals surface area contributed by atoms with Crippen LogP contribution in [0, 0.1) is 0 Å². The van der Waals surface area contributed by atoms with E-state index < -0.39 is 12.1 Å². The van der Waals surface area contributed by atoms with Crippen LogP contribution in [0.1, 0.15) is 49.1 Å². The molecule has 1 aliphatic heterocycles. The first-order chi connectivity index (χ1) is 20.5. The number of hydrogen-bond acceptors (Lipinski definition) is 6. The molecule has 0 spiro atoms. The van der Waals surface area contributed by atoms with E-state index in [1.807, 2.05) is 39.8 Å². The van der Waals surface area contributed by atoms with E-state index in [2.05, 4.69) is 45.9 Å². The Kier molecular flexibility index (Phi) is 7.55. The first kappa shape index (κ1) is 29.0. The summed E-state index contributed by atoms with van der Waals surface area (Å²) in [4.78, 5) is 6.50. The highest BCUT2D eigenvalue weighted by molar-refractivity contribution is 8.14. The van der Waals surface area contributed by atoms with Gasteiger partial charge in [-0.2, -0.15) is 5.10 Å². The number of imidazole rings is 1. The lowest BCUT2D eigenvalue weighted by atomic mass is 9.91. The zero-order valence-electron chi connectivity index (χ0n) is 23.8. The van der Waals surface area contributed by atoms with Crippen LogP contribution in [-0.2, 0) is 12.8 Å². The smallest absolute Gasteiger partial charge is 0.406 e. The first-order valence-electron chi connectivity index (χ1n) is 13.9. The topological polar surface area (TPSA) is 75.2 Å². The number of para-hydroxylation sites is 1. The Morgan fingerprint density at radius 1 is 1.07 bits per heavy atom. The van der Waals surface area contributed by atoms with Gasteiger partial charge in [0.05, 0.1) is 17.6 Å². The molecule has 3 aromatic carbocycles. The Morgan fingerprint density at radius 3 is 2.58 bits per heavy atom.